The number of benzene rings is 2. The highest BCUT2D eigenvalue weighted by molar-refractivity contribution is 9.10. The van der Waals surface area contributed by atoms with Crippen molar-refractivity contribution in [2.24, 2.45) is 0 Å². The van der Waals surface area contributed by atoms with Crippen molar-refractivity contribution in [1.82, 2.24) is 5.32 Å². The van der Waals surface area contributed by atoms with Crippen LogP contribution < -0.4 is 5.32 Å². The quantitative estimate of drug-likeness (QED) is 0.829. The fraction of sp³-hybridized carbons (Fsp3) is 0.368. The van der Waals surface area contributed by atoms with E-state index in [9.17, 15) is 5.11 Å². The number of hydrogen-bond donors (Lipinski definition) is 2. The van der Waals surface area contributed by atoms with Gasteiger partial charge in [0.1, 0.15) is 5.75 Å². The van der Waals surface area contributed by atoms with Gasteiger partial charge in [0.05, 0.1) is 0 Å². The third-order valence-electron chi connectivity index (χ3n) is 4.61. The molecule has 0 bridgehead atoms. The fourth-order valence-electron chi connectivity index (χ4n) is 3.25. The number of nitrogens with one attached hydrogen (secondary N) is 1. The van der Waals surface area contributed by atoms with E-state index in [-0.39, 0.29) is 5.41 Å². The van der Waals surface area contributed by atoms with E-state index in [1.807, 2.05) is 18.2 Å². The second-order valence-corrected chi connectivity index (χ2v) is 7.09. The van der Waals surface area contributed by atoms with Gasteiger partial charge in [-0.25, -0.2) is 0 Å². The van der Waals surface area contributed by atoms with Gasteiger partial charge in [0.2, 0.25) is 0 Å². The molecule has 1 aliphatic heterocycles. The van der Waals surface area contributed by atoms with Crippen LogP contribution in [0.4, 0.5) is 0 Å². The van der Waals surface area contributed by atoms with Gasteiger partial charge in [-0.1, -0.05) is 40.2 Å². The van der Waals surface area contributed by atoms with E-state index in [0.717, 1.165) is 49.2 Å². The average Bonchev–Trinajstić information content (AvgIpc) is 2.56. The van der Waals surface area contributed by atoms with Crippen molar-refractivity contribution >= 4 is 15.9 Å². The van der Waals surface area contributed by atoms with Gasteiger partial charge in [0.15, 0.2) is 0 Å². The Morgan fingerprint density at radius 1 is 1.09 bits per heavy atom. The summed E-state index contributed by atoms with van der Waals surface area (Å²) in [6.45, 7) is 3.29. The molecule has 0 aliphatic carbocycles. The number of hydrogen-bond acceptors (Lipinski definition) is 3. The van der Waals surface area contributed by atoms with Gasteiger partial charge >= 0.3 is 0 Å². The Morgan fingerprint density at radius 3 is 2.52 bits per heavy atom. The van der Waals surface area contributed by atoms with Crippen LogP contribution >= 0.6 is 15.9 Å². The Labute approximate surface area is 145 Å². The number of phenols is 1. The van der Waals surface area contributed by atoms with Crippen LogP contribution in [0, 0.1) is 0 Å². The molecular formula is C19H22BrNO2. The van der Waals surface area contributed by atoms with E-state index in [2.05, 4.69) is 45.5 Å². The third kappa shape index (κ3) is 4.14. The molecule has 0 atom stereocenters. The first kappa shape index (κ1) is 16.5. The van der Waals surface area contributed by atoms with Crippen LogP contribution in [0.5, 0.6) is 5.75 Å². The van der Waals surface area contributed by atoms with Crippen LogP contribution in [0.2, 0.25) is 0 Å². The highest BCUT2D eigenvalue weighted by Crippen LogP contribution is 2.35. The second-order valence-electron chi connectivity index (χ2n) is 6.17. The first-order valence-corrected chi connectivity index (χ1v) is 8.80. The molecule has 23 heavy (non-hydrogen) atoms. The highest BCUT2D eigenvalue weighted by Gasteiger charge is 2.34. The molecule has 0 spiro atoms. The van der Waals surface area contributed by atoms with Crippen molar-refractivity contribution in [3.05, 3.63) is 64.1 Å². The van der Waals surface area contributed by atoms with E-state index in [4.69, 9.17) is 4.74 Å². The summed E-state index contributed by atoms with van der Waals surface area (Å²) in [5, 5.41) is 13.1. The minimum absolute atomic E-state index is 0.121. The molecule has 0 aromatic heterocycles. The smallest absolute Gasteiger partial charge is 0.115 e. The third-order valence-corrected chi connectivity index (χ3v) is 5.14. The Balaban J connectivity index is 1.70. The minimum atomic E-state index is 0.121. The van der Waals surface area contributed by atoms with Crippen LogP contribution in [0.3, 0.4) is 0 Å². The van der Waals surface area contributed by atoms with Gasteiger partial charge in [0, 0.05) is 36.2 Å². The number of aromatic hydroxyl groups is 1. The second kappa shape index (κ2) is 7.47. The first-order chi connectivity index (χ1) is 11.2. The van der Waals surface area contributed by atoms with Crippen LogP contribution in [-0.4, -0.2) is 24.9 Å². The molecule has 2 aromatic rings. The first-order valence-electron chi connectivity index (χ1n) is 8.00. The van der Waals surface area contributed by atoms with E-state index >= 15 is 0 Å². The van der Waals surface area contributed by atoms with E-state index < -0.39 is 0 Å². The Hall–Kier alpha value is -1.36. The van der Waals surface area contributed by atoms with Crippen molar-refractivity contribution in [2.45, 2.75) is 24.8 Å². The molecule has 1 aliphatic rings. The Bertz CT molecular complexity index is 636. The molecule has 0 amide bonds. The standard InChI is InChI=1S/C19H22BrNO2/c20-17-6-4-16(5-7-17)19(8-10-23-11-9-19)14-21-13-15-2-1-3-18(22)12-15/h1-7,12,21-22H,8-11,13-14H2. The van der Waals surface area contributed by atoms with Crippen molar-refractivity contribution in [1.29, 1.82) is 0 Å². The lowest BCUT2D eigenvalue weighted by molar-refractivity contribution is 0.0498. The van der Waals surface area contributed by atoms with Gasteiger partial charge in [-0.15, -0.1) is 0 Å². The van der Waals surface area contributed by atoms with Gasteiger partial charge in [-0.05, 0) is 48.2 Å². The lowest BCUT2D eigenvalue weighted by Crippen LogP contribution is -2.42. The fourth-order valence-corrected chi connectivity index (χ4v) is 3.51. The summed E-state index contributed by atoms with van der Waals surface area (Å²) in [7, 11) is 0. The highest BCUT2D eigenvalue weighted by atomic mass is 79.9. The number of ether oxygens (including phenoxy) is 1. The van der Waals surface area contributed by atoms with Crippen LogP contribution in [-0.2, 0) is 16.7 Å². The summed E-state index contributed by atoms with van der Waals surface area (Å²) in [5.41, 5.74) is 2.59. The summed E-state index contributed by atoms with van der Waals surface area (Å²) in [4.78, 5) is 0. The largest absolute Gasteiger partial charge is 0.508 e. The normalized spacial score (nSPS) is 17.1. The monoisotopic (exact) mass is 375 g/mol. The summed E-state index contributed by atoms with van der Waals surface area (Å²) in [5.74, 6) is 0.318. The van der Waals surface area contributed by atoms with Crippen molar-refractivity contribution < 1.29 is 9.84 Å². The molecule has 1 saturated heterocycles. The maximum Gasteiger partial charge on any atom is 0.115 e. The predicted octanol–water partition coefficient (Wildman–Crippen LogP) is 3.99. The molecule has 2 N–H and O–H groups in total. The maximum absolute atomic E-state index is 9.57. The summed E-state index contributed by atoms with van der Waals surface area (Å²) in [6.07, 6.45) is 2.06. The zero-order chi connectivity index (χ0) is 16.1. The SMILES string of the molecule is Oc1cccc(CNCC2(c3ccc(Br)cc3)CCOCC2)c1. The van der Waals surface area contributed by atoms with Crippen LogP contribution in [0.15, 0.2) is 53.0 Å². The van der Waals surface area contributed by atoms with Crippen molar-refractivity contribution in [2.75, 3.05) is 19.8 Å². The summed E-state index contributed by atoms with van der Waals surface area (Å²) in [6, 6.07) is 16.1. The van der Waals surface area contributed by atoms with Crippen LogP contribution in [0.25, 0.3) is 0 Å². The van der Waals surface area contributed by atoms with Crippen molar-refractivity contribution in [3.8, 4) is 5.75 Å². The molecule has 1 heterocycles. The molecule has 122 valence electrons. The Morgan fingerprint density at radius 2 is 1.83 bits per heavy atom. The molecule has 1 fully saturated rings. The maximum atomic E-state index is 9.57. The molecule has 0 unspecified atom stereocenters. The molecule has 2 aromatic carbocycles. The van der Waals surface area contributed by atoms with Gasteiger partial charge in [-0.2, -0.15) is 0 Å². The molecule has 3 rings (SSSR count). The van der Waals surface area contributed by atoms with Gasteiger partial charge in [-0.3, -0.25) is 0 Å². The molecular weight excluding hydrogens is 354 g/mol. The summed E-state index contributed by atoms with van der Waals surface area (Å²) >= 11 is 3.51. The predicted molar refractivity (Wildman–Crippen MR) is 95.7 cm³/mol. The summed E-state index contributed by atoms with van der Waals surface area (Å²) < 4.78 is 6.69. The minimum Gasteiger partial charge on any atom is -0.508 e. The number of rotatable bonds is 5. The zero-order valence-electron chi connectivity index (χ0n) is 13.1. The van der Waals surface area contributed by atoms with E-state index in [0.29, 0.717) is 5.75 Å². The van der Waals surface area contributed by atoms with Crippen LogP contribution in [0.1, 0.15) is 24.0 Å². The lowest BCUT2D eigenvalue weighted by atomic mass is 9.74. The molecule has 0 saturated carbocycles. The lowest BCUT2D eigenvalue weighted by Gasteiger charge is -2.38. The van der Waals surface area contributed by atoms with Gasteiger partial charge in [0.25, 0.3) is 0 Å². The molecule has 4 heteroatoms. The molecule has 3 nitrogen and oxygen atoms in total. The van der Waals surface area contributed by atoms with E-state index in [1.54, 1.807) is 6.07 Å². The van der Waals surface area contributed by atoms with E-state index in [1.165, 1.54) is 5.56 Å². The van der Waals surface area contributed by atoms with Gasteiger partial charge < -0.3 is 15.2 Å². The topological polar surface area (TPSA) is 41.5 Å². The molecule has 0 radical (unpaired) electrons. The zero-order valence-corrected chi connectivity index (χ0v) is 14.7. The van der Waals surface area contributed by atoms with Crippen molar-refractivity contribution in [3.63, 3.8) is 0 Å². The number of halogens is 1. The number of phenolic OH excluding ortho intramolecular Hbond substituents is 1. The average molecular weight is 376 g/mol. The Kier molecular flexibility index (Phi) is 5.36.